The Balaban J connectivity index is 1.68. The van der Waals surface area contributed by atoms with Gasteiger partial charge in [-0.25, -0.2) is 0 Å². The predicted octanol–water partition coefficient (Wildman–Crippen LogP) is 2.53. The minimum Gasteiger partial charge on any atom is -0.452 e. The molecule has 142 valence electrons. The maximum Gasteiger partial charge on any atom is 0.316 e. The number of hydrogen-bond donors (Lipinski definition) is 1. The summed E-state index contributed by atoms with van der Waals surface area (Å²) in [6, 6.07) is 5.80. The lowest BCUT2D eigenvalue weighted by atomic mass is 10.1. The third-order valence-corrected chi connectivity index (χ3v) is 5.09. The van der Waals surface area contributed by atoms with Gasteiger partial charge < -0.3 is 15.0 Å². The van der Waals surface area contributed by atoms with Crippen LogP contribution in [0.25, 0.3) is 0 Å². The van der Waals surface area contributed by atoms with Gasteiger partial charge in [0.25, 0.3) is 5.91 Å². The van der Waals surface area contributed by atoms with Crippen molar-refractivity contribution in [1.29, 1.82) is 0 Å². The third-order valence-electron chi connectivity index (χ3n) is 4.18. The molecule has 7 heteroatoms. The summed E-state index contributed by atoms with van der Waals surface area (Å²) >= 11 is 1.17. The van der Waals surface area contributed by atoms with E-state index in [1.54, 1.807) is 11.8 Å². The number of benzene rings is 1. The average molecular weight is 378 g/mol. The van der Waals surface area contributed by atoms with Gasteiger partial charge in [-0.1, -0.05) is 17.7 Å². The molecule has 2 rings (SSSR count). The second kappa shape index (κ2) is 9.62. The maximum absolute atomic E-state index is 12.1. The topological polar surface area (TPSA) is 75.7 Å². The lowest BCUT2D eigenvalue weighted by molar-refractivity contribution is -0.156. The first kappa shape index (κ1) is 20.3. The van der Waals surface area contributed by atoms with Gasteiger partial charge in [-0.2, -0.15) is 0 Å². The summed E-state index contributed by atoms with van der Waals surface area (Å²) in [6.07, 6.45) is 1.22. The average Bonchev–Trinajstić information content (AvgIpc) is 3.11. The molecule has 1 N–H and O–H groups in total. The number of nitrogens with one attached hydrogen (secondary N) is 1. The first-order valence-electron chi connectivity index (χ1n) is 8.80. The Kier molecular flexibility index (Phi) is 7.50. The SMILES string of the molecule is Cc1ccc(NC(=O)CSCC(=O)O[C@H](C)C(=O)N2CCCC2)c(C)c1. The molecule has 1 fully saturated rings. The Morgan fingerprint density at radius 1 is 1.19 bits per heavy atom. The van der Waals surface area contributed by atoms with Gasteiger partial charge in [0.1, 0.15) is 0 Å². The zero-order valence-corrected chi connectivity index (χ0v) is 16.4. The number of amides is 2. The van der Waals surface area contributed by atoms with Crippen molar-refractivity contribution in [3.63, 3.8) is 0 Å². The van der Waals surface area contributed by atoms with E-state index < -0.39 is 12.1 Å². The molecule has 1 saturated heterocycles. The van der Waals surface area contributed by atoms with Gasteiger partial charge in [0.15, 0.2) is 6.10 Å². The Hall–Kier alpha value is -2.02. The van der Waals surface area contributed by atoms with Crippen LogP contribution < -0.4 is 5.32 Å². The summed E-state index contributed by atoms with van der Waals surface area (Å²) in [7, 11) is 0. The molecule has 0 aromatic heterocycles. The normalized spacial score (nSPS) is 14.8. The van der Waals surface area contributed by atoms with Crippen molar-refractivity contribution in [3.8, 4) is 0 Å². The van der Waals surface area contributed by atoms with Crippen LogP contribution >= 0.6 is 11.8 Å². The number of rotatable bonds is 7. The van der Waals surface area contributed by atoms with Crippen molar-refractivity contribution < 1.29 is 19.1 Å². The molecule has 2 amide bonds. The van der Waals surface area contributed by atoms with Gasteiger partial charge in [-0.3, -0.25) is 14.4 Å². The molecule has 0 spiro atoms. The van der Waals surface area contributed by atoms with Crippen molar-refractivity contribution in [2.24, 2.45) is 0 Å². The van der Waals surface area contributed by atoms with E-state index in [1.807, 2.05) is 32.0 Å². The fourth-order valence-corrected chi connectivity index (χ4v) is 3.44. The third kappa shape index (κ3) is 6.05. The van der Waals surface area contributed by atoms with Gasteiger partial charge in [-0.15, -0.1) is 11.8 Å². The quantitative estimate of drug-likeness (QED) is 0.738. The summed E-state index contributed by atoms with van der Waals surface area (Å²) < 4.78 is 5.17. The molecule has 0 saturated carbocycles. The summed E-state index contributed by atoms with van der Waals surface area (Å²) in [4.78, 5) is 37.7. The Labute approximate surface area is 158 Å². The summed E-state index contributed by atoms with van der Waals surface area (Å²) in [5, 5.41) is 2.83. The number of carbonyl (C=O) groups excluding carboxylic acids is 3. The number of hydrogen-bond acceptors (Lipinski definition) is 5. The second-order valence-electron chi connectivity index (χ2n) is 6.52. The number of anilines is 1. The smallest absolute Gasteiger partial charge is 0.316 e. The molecule has 1 aromatic rings. The molecular weight excluding hydrogens is 352 g/mol. The van der Waals surface area contributed by atoms with Crippen LogP contribution in [0.3, 0.4) is 0 Å². The van der Waals surface area contributed by atoms with E-state index >= 15 is 0 Å². The Morgan fingerprint density at radius 2 is 1.88 bits per heavy atom. The fraction of sp³-hybridized carbons (Fsp3) is 0.526. The molecule has 1 aromatic carbocycles. The van der Waals surface area contributed by atoms with Crippen molar-refractivity contribution >= 4 is 35.2 Å². The number of ether oxygens (including phenoxy) is 1. The standard InChI is InChI=1S/C19H26N2O4S/c1-13-6-7-16(14(2)10-13)20-17(22)11-26-12-18(23)25-15(3)19(24)21-8-4-5-9-21/h6-7,10,15H,4-5,8-9,11-12H2,1-3H3,(H,20,22)/t15-/m1/s1. The summed E-state index contributed by atoms with van der Waals surface area (Å²) in [5.74, 6) is -0.604. The van der Waals surface area contributed by atoms with E-state index in [-0.39, 0.29) is 23.3 Å². The van der Waals surface area contributed by atoms with Crippen molar-refractivity contribution in [2.75, 3.05) is 29.9 Å². The first-order valence-corrected chi connectivity index (χ1v) is 9.95. The molecule has 0 bridgehead atoms. The van der Waals surface area contributed by atoms with Crippen LogP contribution in [-0.2, 0) is 19.1 Å². The molecule has 0 radical (unpaired) electrons. The van der Waals surface area contributed by atoms with Crippen LogP contribution in [0.1, 0.15) is 30.9 Å². The number of aryl methyl sites for hydroxylation is 2. The van der Waals surface area contributed by atoms with E-state index in [9.17, 15) is 14.4 Å². The summed E-state index contributed by atoms with van der Waals surface area (Å²) in [5.41, 5.74) is 2.90. The summed E-state index contributed by atoms with van der Waals surface area (Å²) in [6.45, 7) is 6.99. The van der Waals surface area contributed by atoms with Gasteiger partial charge in [0.2, 0.25) is 5.91 Å². The molecule has 1 aliphatic rings. The molecule has 1 atom stereocenters. The second-order valence-corrected chi connectivity index (χ2v) is 7.51. The van der Waals surface area contributed by atoms with Crippen LogP contribution in [0.15, 0.2) is 18.2 Å². The lowest BCUT2D eigenvalue weighted by Gasteiger charge is -2.20. The largest absolute Gasteiger partial charge is 0.452 e. The Bertz CT molecular complexity index is 672. The number of thioether (sulfide) groups is 1. The minimum absolute atomic E-state index is 0.0396. The predicted molar refractivity (Wildman–Crippen MR) is 103 cm³/mol. The lowest BCUT2D eigenvalue weighted by Crippen LogP contribution is -2.38. The highest BCUT2D eigenvalue weighted by molar-refractivity contribution is 8.00. The van der Waals surface area contributed by atoms with Crippen LogP contribution in [0.5, 0.6) is 0 Å². The van der Waals surface area contributed by atoms with E-state index in [0.29, 0.717) is 0 Å². The van der Waals surface area contributed by atoms with Gasteiger partial charge >= 0.3 is 5.97 Å². The van der Waals surface area contributed by atoms with E-state index in [0.717, 1.165) is 42.7 Å². The van der Waals surface area contributed by atoms with Gasteiger partial charge in [0.05, 0.1) is 11.5 Å². The van der Waals surface area contributed by atoms with Crippen molar-refractivity contribution in [1.82, 2.24) is 4.90 Å². The first-order chi connectivity index (χ1) is 12.4. The highest BCUT2D eigenvalue weighted by Gasteiger charge is 2.25. The van der Waals surface area contributed by atoms with Crippen LogP contribution in [-0.4, -0.2) is 53.4 Å². The highest BCUT2D eigenvalue weighted by Crippen LogP contribution is 2.16. The Morgan fingerprint density at radius 3 is 2.54 bits per heavy atom. The monoisotopic (exact) mass is 378 g/mol. The zero-order valence-electron chi connectivity index (χ0n) is 15.5. The molecule has 1 aliphatic heterocycles. The fourth-order valence-electron chi connectivity index (χ4n) is 2.84. The molecule has 1 heterocycles. The number of likely N-dealkylation sites (tertiary alicyclic amines) is 1. The number of carbonyl (C=O) groups is 3. The van der Waals surface area contributed by atoms with Crippen molar-refractivity contribution in [3.05, 3.63) is 29.3 Å². The van der Waals surface area contributed by atoms with E-state index in [4.69, 9.17) is 4.74 Å². The highest BCUT2D eigenvalue weighted by atomic mass is 32.2. The van der Waals surface area contributed by atoms with E-state index in [1.165, 1.54) is 11.8 Å². The number of nitrogens with zero attached hydrogens (tertiary/aromatic N) is 1. The van der Waals surface area contributed by atoms with E-state index in [2.05, 4.69) is 5.32 Å². The molecule has 0 aliphatic carbocycles. The molecule has 26 heavy (non-hydrogen) atoms. The van der Waals surface area contributed by atoms with Crippen LogP contribution in [0, 0.1) is 13.8 Å². The maximum atomic E-state index is 12.1. The number of esters is 1. The van der Waals surface area contributed by atoms with Crippen LogP contribution in [0.2, 0.25) is 0 Å². The molecule has 6 nitrogen and oxygen atoms in total. The molecular formula is C19H26N2O4S. The van der Waals surface area contributed by atoms with Gasteiger partial charge in [0, 0.05) is 18.8 Å². The van der Waals surface area contributed by atoms with Gasteiger partial charge in [-0.05, 0) is 45.2 Å². The minimum atomic E-state index is -0.773. The molecule has 0 unspecified atom stereocenters. The zero-order chi connectivity index (χ0) is 19.1. The van der Waals surface area contributed by atoms with Crippen LogP contribution in [0.4, 0.5) is 5.69 Å². The van der Waals surface area contributed by atoms with Crippen molar-refractivity contribution in [2.45, 2.75) is 39.7 Å².